The maximum atomic E-state index is 5.26. The second kappa shape index (κ2) is 5.87. The van der Waals surface area contributed by atoms with Gasteiger partial charge in [-0.05, 0) is 18.8 Å². The van der Waals surface area contributed by atoms with E-state index in [-0.39, 0.29) is 0 Å². The van der Waals surface area contributed by atoms with Crippen LogP contribution in [-0.2, 0) is 0 Å². The average Bonchev–Trinajstić information content (AvgIpc) is 1.91. The molecule has 53 valence electrons. The van der Waals surface area contributed by atoms with Crippen LogP contribution in [0.25, 0.3) is 0 Å². The highest BCUT2D eigenvalue weighted by molar-refractivity contribution is 4.65. The Morgan fingerprint density at radius 3 is 2.22 bits per heavy atom. The molecule has 1 radical (unpaired) electrons. The Morgan fingerprint density at radius 2 is 1.89 bits per heavy atom. The second-order valence-electron chi connectivity index (χ2n) is 2.50. The first-order valence-electron chi connectivity index (χ1n) is 3.88. The van der Waals surface area contributed by atoms with Crippen LogP contribution in [0, 0.1) is 12.5 Å². The third-order valence-corrected chi connectivity index (χ3v) is 1.90. The summed E-state index contributed by atoms with van der Waals surface area (Å²) in [5.74, 6) is 0.893. The van der Waals surface area contributed by atoms with Gasteiger partial charge in [0, 0.05) is 0 Å². The molecule has 0 spiro atoms. The summed E-state index contributed by atoms with van der Waals surface area (Å²) in [6.07, 6.45) is 6.70. The van der Waals surface area contributed by atoms with Crippen molar-refractivity contribution in [2.45, 2.75) is 39.5 Å². The van der Waals surface area contributed by atoms with E-state index in [1.54, 1.807) is 6.08 Å². The van der Waals surface area contributed by atoms with E-state index in [9.17, 15) is 0 Å². The van der Waals surface area contributed by atoms with Crippen LogP contribution in [0.15, 0.2) is 6.08 Å². The van der Waals surface area contributed by atoms with E-state index in [4.69, 9.17) is 6.58 Å². The average molecular weight is 125 g/mol. The zero-order valence-corrected chi connectivity index (χ0v) is 6.56. The smallest absolute Gasteiger partial charge is 0.0345 e. The summed E-state index contributed by atoms with van der Waals surface area (Å²) in [4.78, 5) is 0. The van der Waals surface area contributed by atoms with Crippen molar-refractivity contribution in [2.75, 3.05) is 0 Å². The summed E-state index contributed by atoms with van der Waals surface area (Å²) >= 11 is 0. The van der Waals surface area contributed by atoms with Crippen LogP contribution in [0.3, 0.4) is 0 Å². The van der Waals surface area contributed by atoms with Crippen molar-refractivity contribution in [1.29, 1.82) is 0 Å². The summed E-state index contributed by atoms with van der Waals surface area (Å²) in [5.41, 5.74) is 0. The first-order valence-corrected chi connectivity index (χ1v) is 3.88. The summed E-state index contributed by atoms with van der Waals surface area (Å²) in [6, 6.07) is 0. The monoisotopic (exact) mass is 125 g/mol. The van der Waals surface area contributed by atoms with Gasteiger partial charge in [-0.2, -0.15) is 0 Å². The molecule has 0 aliphatic carbocycles. The molecule has 0 saturated heterocycles. The molecule has 0 nitrogen and oxygen atoms in total. The van der Waals surface area contributed by atoms with Crippen LogP contribution < -0.4 is 0 Å². The molecule has 0 unspecified atom stereocenters. The van der Waals surface area contributed by atoms with Crippen LogP contribution in [0.4, 0.5) is 0 Å². The van der Waals surface area contributed by atoms with E-state index in [0.717, 1.165) is 12.3 Å². The lowest BCUT2D eigenvalue weighted by Crippen LogP contribution is -1.94. The quantitative estimate of drug-likeness (QED) is 0.529. The SMILES string of the molecule is [CH]=CCCC(CC)CC. The van der Waals surface area contributed by atoms with Gasteiger partial charge in [0.25, 0.3) is 0 Å². The normalized spacial score (nSPS) is 10.1. The van der Waals surface area contributed by atoms with Gasteiger partial charge in [-0.3, -0.25) is 0 Å². The minimum absolute atomic E-state index is 0.893. The van der Waals surface area contributed by atoms with Crippen LogP contribution in [0.2, 0.25) is 0 Å². The van der Waals surface area contributed by atoms with Crippen molar-refractivity contribution < 1.29 is 0 Å². The Labute approximate surface area is 59.0 Å². The van der Waals surface area contributed by atoms with E-state index in [2.05, 4.69) is 13.8 Å². The molecule has 0 atom stereocenters. The molecule has 0 amide bonds. The summed E-state index contributed by atoms with van der Waals surface area (Å²) in [5, 5.41) is 0. The molecule has 0 bridgehead atoms. The van der Waals surface area contributed by atoms with Crippen LogP contribution >= 0.6 is 0 Å². The zero-order chi connectivity index (χ0) is 7.11. The van der Waals surface area contributed by atoms with Crippen molar-refractivity contribution in [2.24, 2.45) is 5.92 Å². The predicted octanol–water partition coefficient (Wildman–Crippen LogP) is 3.19. The molecule has 0 N–H and O–H groups in total. The van der Waals surface area contributed by atoms with Gasteiger partial charge in [-0.1, -0.05) is 39.3 Å². The lowest BCUT2D eigenvalue weighted by molar-refractivity contribution is 0.460. The zero-order valence-electron chi connectivity index (χ0n) is 6.56. The highest BCUT2D eigenvalue weighted by atomic mass is 14.0. The number of hydrogen-bond donors (Lipinski definition) is 0. The Bertz CT molecular complexity index is 60.4. The van der Waals surface area contributed by atoms with Crippen molar-refractivity contribution >= 4 is 0 Å². The van der Waals surface area contributed by atoms with Crippen molar-refractivity contribution in [3.05, 3.63) is 12.7 Å². The van der Waals surface area contributed by atoms with Crippen molar-refractivity contribution in [3.63, 3.8) is 0 Å². The molecule has 9 heavy (non-hydrogen) atoms. The molecule has 0 heterocycles. The fraction of sp³-hybridized carbons (Fsp3) is 0.778. The lowest BCUT2D eigenvalue weighted by atomic mass is 9.98. The third-order valence-electron chi connectivity index (χ3n) is 1.90. The minimum atomic E-state index is 0.893. The van der Waals surface area contributed by atoms with Crippen LogP contribution in [0.5, 0.6) is 0 Å². The van der Waals surface area contributed by atoms with E-state index < -0.39 is 0 Å². The first kappa shape index (κ1) is 8.74. The number of hydrogen-bond acceptors (Lipinski definition) is 0. The Kier molecular flexibility index (Phi) is 5.70. The maximum Gasteiger partial charge on any atom is -0.0345 e. The predicted molar refractivity (Wildman–Crippen MR) is 42.2 cm³/mol. The van der Waals surface area contributed by atoms with Gasteiger partial charge in [0.2, 0.25) is 0 Å². The Morgan fingerprint density at radius 1 is 1.33 bits per heavy atom. The highest BCUT2D eigenvalue weighted by Crippen LogP contribution is 2.14. The molecule has 0 saturated carbocycles. The molecule has 0 rings (SSSR count). The number of allylic oxidation sites excluding steroid dienone is 1. The van der Waals surface area contributed by atoms with Crippen molar-refractivity contribution in [3.8, 4) is 0 Å². The van der Waals surface area contributed by atoms with Gasteiger partial charge in [0.05, 0.1) is 0 Å². The van der Waals surface area contributed by atoms with Gasteiger partial charge < -0.3 is 0 Å². The second-order valence-corrected chi connectivity index (χ2v) is 2.50. The standard InChI is InChI=1S/C9H17/c1-4-7-8-9(5-2)6-3/h1,4,9H,5-8H2,2-3H3. The largest absolute Gasteiger partial charge is 0.0845 e. The van der Waals surface area contributed by atoms with Crippen LogP contribution in [0.1, 0.15) is 39.5 Å². The van der Waals surface area contributed by atoms with Crippen molar-refractivity contribution in [1.82, 2.24) is 0 Å². The molecular weight excluding hydrogens is 108 g/mol. The number of rotatable bonds is 5. The molecule has 0 aromatic rings. The minimum Gasteiger partial charge on any atom is -0.0845 e. The fourth-order valence-electron chi connectivity index (χ4n) is 1.03. The Hall–Kier alpha value is -0.260. The van der Waals surface area contributed by atoms with Gasteiger partial charge in [-0.25, -0.2) is 0 Å². The van der Waals surface area contributed by atoms with Gasteiger partial charge in [0.1, 0.15) is 0 Å². The topological polar surface area (TPSA) is 0 Å². The molecule has 0 aliphatic rings. The van der Waals surface area contributed by atoms with Crippen LogP contribution in [-0.4, -0.2) is 0 Å². The third kappa shape index (κ3) is 4.26. The van der Waals surface area contributed by atoms with Gasteiger partial charge >= 0.3 is 0 Å². The molecule has 0 fully saturated rings. The van der Waals surface area contributed by atoms with E-state index in [0.29, 0.717) is 0 Å². The van der Waals surface area contributed by atoms with E-state index in [1.165, 1.54) is 19.3 Å². The molecule has 0 aromatic carbocycles. The summed E-state index contributed by atoms with van der Waals surface area (Å²) < 4.78 is 0. The van der Waals surface area contributed by atoms with E-state index in [1.807, 2.05) is 0 Å². The fourth-order valence-corrected chi connectivity index (χ4v) is 1.03. The molecule has 0 heteroatoms. The first-order chi connectivity index (χ1) is 4.35. The molecule has 0 aliphatic heterocycles. The van der Waals surface area contributed by atoms with Gasteiger partial charge in [0.15, 0.2) is 0 Å². The van der Waals surface area contributed by atoms with E-state index >= 15 is 0 Å². The Balaban J connectivity index is 3.19. The molecule has 0 aromatic heterocycles. The molecular formula is C9H17. The highest BCUT2D eigenvalue weighted by Gasteiger charge is 1.99. The van der Waals surface area contributed by atoms with Gasteiger partial charge in [-0.15, -0.1) is 0 Å². The lowest BCUT2D eigenvalue weighted by Gasteiger charge is -2.08. The summed E-state index contributed by atoms with van der Waals surface area (Å²) in [7, 11) is 0. The summed E-state index contributed by atoms with van der Waals surface area (Å²) in [6.45, 7) is 9.74. The maximum absolute atomic E-state index is 5.26.